The van der Waals surface area contributed by atoms with Gasteiger partial charge in [-0.25, -0.2) is 0 Å². The van der Waals surface area contributed by atoms with Crippen LogP contribution in [0.3, 0.4) is 0 Å². The Labute approximate surface area is 159 Å². The van der Waals surface area contributed by atoms with Gasteiger partial charge in [-0.3, -0.25) is 0 Å². The largest absolute Gasteiger partial charge is 0.416 e. The molecule has 0 aliphatic carbocycles. The number of alkyl halides is 3. The van der Waals surface area contributed by atoms with Crippen molar-refractivity contribution < 1.29 is 18.3 Å². The van der Waals surface area contributed by atoms with Crippen molar-refractivity contribution in [3.63, 3.8) is 0 Å². The van der Waals surface area contributed by atoms with Crippen LogP contribution >= 0.6 is 0 Å². The van der Waals surface area contributed by atoms with E-state index in [9.17, 15) is 18.3 Å². The predicted molar refractivity (Wildman–Crippen MR) is 104 cm³/mol. The normalized spacial score (nSPS) is 13.9. The molecule has 7 heteroatoms. The quantitative estimate of drug-likeness (QED) is 0.381. The average Bonchev–Trinajstić information content (AvgIpc) is 2.67. The van der Waals surface area contributed by atoms with E-state index >= 15 is 0 Å². The summed E-state index contributed by atoms with van der Waals surface area (Å²) in [6, 6.07) is 18.0. The Kier molecular flexibility index (Phi) is 5.75. The second-order valence-electron chi connectivity index (χ2n) is 6.28. The summed E-state index contributed by atoms with van der Waals surface area (Å²) in [5.41, 5.74) is 6.24. The minimum atomic E-state index is -4.38. The van der Waals surface area contributed by atoms with Crippen molar-refractivity contribution in [1.29, 1.82) is 0 Å². The van der Waals surface area contributed by atoms with Gasteiger partial charge in [0.1, 0.15) is 5.84 Å². The van der Waals surface area contributed by atoms with Crippen LogP contribution in [0, 0.1) is 0 Å². The fourth-order valence-electron chi connectivity index (χ4n) is 2.70. The molecule has 3 aromatic rings. The van der Waals surface area contributed by atoms with Gasteiger partial charge in [0.05, 0.1) is 17.9 Å². The first-order chi connectivity index (χ1) is 13.3. The third kappa shape index (κ3) is 4.95. The lowest BCUT2D eigenvalue weighted by atomic mass is 10.0. The highest BCUT2D eigenvalue weighted by Gasteiger charge is 2.29. The van der Waals surface area contributed by atoms with Gasteiger partial charge in [-0.15, -0.1) is 5.10 Å². The smallest absolute Gasteiger partial charge is 0.388 e. The molecule has 0 aliphatic rings. The Morgan fingerprint density at radius 2 is 1.68 bits per heavy atom. The van der Waals surface area contributed by atoms with E-state index in [1.165, 1.54) is 18.3 Å². The number of amidine groups is 1. The number of aliphatic hydroxyl groups excluding tert-OH is 1. The SMILES string of the molecule is N/C(CC(O)c1ccc2ccccc2c1)=N\N=C\c1ccc(C(F)(F)F)cc1. The molecule has 0 fully saturated rings. The fraction of sp³-hybridized carbons (Fsp3) is 0.143. The zero-order valence-electron chi connectivity index (χ0n) is 14.8. The van der Waals surface area contributed by atoms with Crippen molar-refractivity contribution in [3.8, 4) is 0 Å². The Morgan fingerprint density at radius 1 is 1.00 bits per heavy atom. The van der Waals surface area contributed by atoms with Crippen molar-refractivity contribution in [3.05, 3.63) is 83.4 Å². The zero-order chi connectivity index (χ0) is 20.1. The first kappa shape index (κ1) is 19.6. The Hall–Kier alpha value is -3.19. The molecular weight excluding hydrogens is 367 g/mol. The first-order valence-electron chi connectivity index (χ1n) is 8.52. The molecule has 28 heavy (non-hydrogen) atoms. The molecule has 3 aromatic carbocycles. The van der Waals surface area contributed by atoms with Crippen molar-refractivity contribution in [1.82, 2.24) is 0 Å². The number of fused-ring (bicyclic) bond motifs is 1. The molecule has 0 spiro atoms. The summed E-state index contributed by atoms with van der Waals surface area (Å²) in [5.74, 6) is 0.115. The van der Waals surface area contributed by atoms with Gasteiger partial charge < -0.3 is 10.8 Å². The van der Waals surface area contributed by atoms with Gasteiger partial charge >= 0.3 is 6.18 Å². The van der Waals surface area contributed by atoms with Crippen molar-refractivity contribution in [2.24, 2.45) is 15.9 Å². The van der Waals surface area contributed by atoms with Crippen LogP contribution in [-0.2, 0) is 6.18 Å². The summed E-state index contributed by atoms with van der Waals surface area (Å²) >= 11 is 0. The number of hydrogen-bond donors (Lipinski definition) is 2. The molecule has 4 nitrogen and oxygen atoms in total. The number of hydrogen-bond acceptors (Lipinski definition) is 3. The van der Waals surface area contributed by atoms with E-state index in [2.05, 4.69) is 10.2 Å². The second-order valence-corrected chi connectivity index (χ2v) is 6.28. The topological polar surface area (TPSA) is 71.0 Å². The highest BCUT2D eigenvalue weighted by atomic mass is 19.4. The maximum atomic E-state index is 12.5. The third-order valence-corrected chi connectivity index (χ3v) is 4.19. The van der Waals surface area contributed by atoms with Crippen molar-refractivity contribution >= 4 is 22.8 Å². The molecule has 0 heterocycles. The van der Waals surface area contributed by atoms with Crippen LogP contribution < -0.4 is 5.73 Å². The molecule has 3 N–H and O–H groups in total. The number of halogens is 3. The van der Waals surface area contributed by atoms with Crippen LogP contribution in [0.1, 0.15) is 29.2 Å². The Morgan fingerprint density at radius 3 is 2.36 bits per heavy atom. The lowest BCUT2D eigenvalue weighted by molar-refractivity contribution is -0.137. The molecular formula is C21H18F3N3O. The third-order valence-electron chi connectivity index (χ3n) is 4.19. The molecule has 0 radical (unpaired) electrons. The molecule has 1 atom stereocenters. The van der Waals surface area contributed by atoms with Gasteiger partial charge in [-0.2, -0.15) is 18.3 Å². The van der Waals surface area contributed by atoms with Gasteiger partial charge in [0.2, 0.25) is 0 Å². The van der Waals surface area contributed by atoms with E-state index in [1.807, 2.05) is 42.5 Å². The lowest BCUT2D eigenvalue weighted by Gasteiger charge is -2.11. The van der Waals surface area contributed by atoms with Gasteiger partial charge in [-0.1, -0.05) is 48.5 Å². The number of aliphatic hydroxyl groups is 1. The lowest BCUT2D eigenvalue weighted by Crippen LogP contribution is -2.15. The van der Waals surface area contributed by atoms with Crippen molar-refractivity contribution in [2.75, 3.05) is 0 Å². The van der Waals surface area contributed by atoms with E-state index in [-0.39, 0.29) is 12.3 Å². The van der Waals surface area contributed by atoms with Crippen LogP contribution in [0.2, 0.25) is 0 Å². The molecule has 3 rings (SSSR count). The van der Waals surface area contributed by atoms with Crippen LogP contribution in [0.5, 0.6) is 0 Å². The van der Waals surface area contributed by atoms with Crippen LogP contribution in [-0.4, -0.2) is 17.2 Å². The standard InChI is InChI=1S/C21H18F3N3O/c22-21(23,24)18-9-5-14(6-10-18)13-26-27-20(25)12-19(28)17-8-7-15-3-1-2-4-16(15)11-17/h1-11,13,19,28H,12H2,(H2,25,27)/b26-13+. The number of nitrogens with two attached hydrogens (primary N) is 1. The fourth-order valence-corrected chi connectivity index (χ4v) is 2.70. The van der Waals surface area contributed by atoms with Crippen LogP contribution in [0.15, 0.2) is 76.9 Å². The van der Waals surface area contributed by atoms with E-state index in [0.717, 1.165) is 22.9 Å². The molecule has 0 aliphatic heterocycles. The number of benzene rings is 3. The highest BCUT2D eigenvalue weighted by molar-refractivity contribution is 5.85. The first-order valence-corrected chi connectivity index (χ1v) is 8.52. The van der Waals surface area contributed by atoms with E-state index in [0.29, 0.717) is 11.1 Å². The van der Waals surface area contributed by atoms with E-state index in [4.69, 9.17) is 5.73 Å². The Bertz CT molecular complexity index is 1010. The van der Waals surface area contributed by atoms with Gasteiger partial charge in [0.15, 0.2) is 0 Å². The van der Waals surface area contributed by atoms with Crippen molar-refractivity contribution in [2.45, 2.75) is 18.7 Å². The molecule has 1 unspecified atom stereocenters. The summed E-state index contributed by atoms with van der Waals surface area (Å²) in [5, 5.41) is 20.0. The molecule has 0 saturated carbocycles. The predicted octanol–water partition coefficient (Wildman–Crippen LogP) is 4.67. The van der Waals surface area contributed by atoms with Crippen LogP contribution in [0.25, 0.3) is 10.8 Å². The summed E-state index contributed by atoms with van der Waals surface area (Å²) in [7, 11) is 0. The van der Waals surface area contributed by atoms with E-state index < -0.39 is 17.8 Å². The van der Waals surface area contributed by atoms with Crippen LogP contribution in [0.4, 0.5) is 13.2 Å². The summed E-state index contributed by atoms with van der Waals surface area (Å²) in [6.45, 7) is 0. The summed E-state index contributed by atoms with van der Waals surface area (Å²) < 4.78 is 37.6. The summed E-state index contributed by atoms with van der Waals surface area (Å²) in [6.07, 6.45) is -3.83. The molecule has 0 bridgehead atoms. The molecule has 0 aromatic heterocycles. The zero-order valence-corrected chi connectivity index (χ0v) is 14.8. The maximum absolute atomic E-state index is 12.5. The number of rotatable bonds is 5. The van der Waals surface area contributed by atoms with Gasteiger partial charge in [0.25, 0.3) is 0 Å². The number of nitrogens with zero attached hydrogens (tertiary/aromatic N) is 2. The van der Waals surface area contributed by atoms with Gasteiger partial charge in [0, 0.05) is 6.42 Å². The monoisotopic (exact) mass is 385 g/mol. The summed E-state index contributed by atoms with van der Waals surface area (Å²) in [4.78, 5) is 0. The maximum Gasteiger partial charge on any atom is 0.416 e. The minimum absolute atomic E-state index is 0.0860. The molecule has 0 amide bonds. The highest BCUT2D eigenvalue weighted by Crippen LogP contribution is 2.29. The molecule has 144 valence electrons. The van der Waals surface area contributed by atoms with Gasteiger partial charge in [-0.05, 0) is 40.1 Å². The Balaban J connectivity index is 1.63. The minimum Gasteiger partial charge on any atom is -0.388 e. The molecule has 0 saturated heterocycles. The second kappa shape index (κ2) is 8.22. The van der Waals surface area contributed by atoms with E-state index in [1.54, 1.807) is 0 Å². The average molecular weight is 385 g/mol.